The first-order chi connectivity index (χ1) is 1.91. The van der Waals surface area contributed by atoms with Crippen molar-refractivity contribution in [2.45, 2.75) is 0 Å². The Balaban J connectivity index is -0.0000000450. The minimum atomic E-state index is -0.125. The van der Waals surface area contributed by atoms with E-state index in [9.17, 15) is 0 Å². The molecule has 0 radical (unpaired) electrons. The van der Waals surface area contributed by atoms with E-state index < -0.39 is 0 Å². The summed E-state index contributed by atoms with van der Waals surface area (Å²) in [6.07, 6.45) is 0. The Morgan fingerprint density at radius 2 is 1.00 bits per heavy atom. The Morgan fingerprint density at radius 3 is 1.00 bits per heavy atom. The summed E-state index contributed by atoms with van der Waals surface area (Å²) in [6, 6.07) is 0. The second-order valence-electron chi connectivity index (χ2n) is 0.447. The van der Waals surface area contributed by atoms with E-state index in [0.29, 0.717) is 0 Å². The summed E-state index contributed by atoms with van der Waals surface area (Å²) < 4.78 is 0. The van der Waals surface area contributed by atoms with Crippen LogP contribution in [0.25, 0.3) is 0 Å². The van der Waals surface area contributed by atoms with Gasteiger partial charge in [-0.2, -0.15) is 0 Å². The molecule has 6 heavy (non-hydrogen) atoms. The van der Waals surface area contributed by atoms with Gasteiger partial charge < -0.3 is 10.2 Å². The fourth-order valence-electron chi connectivity index (χ4n) is 0. The normalized spacial score (nSPS) is 5.00. The minimum absolute atomic E-state index is 0. The van der Waals surface area contributed by atoms with Gasteiger partial charge in [-0.3, -0.25) is 9.41 Å². The SMILES string of the molecule is F.F.OCCO. The van der Waals surface area contributed by atoms with Crippen molar-refractivity contribution in [1.82, 2.24) is 0 Å². The summed E-state index contributed by atoms with van der Waals surface area (Å²) >= 11 is 0. The Morgan fingerprint density at radius 1 is 0.833 bits per heavy atom. The lowest BCUT2D eigenvalue weighted by Crippen LogP contribution is -1.85. The van der Waals surface area contributed by atoms with Gasteiger partial charge >= 0.3 is 0 Å². The monoisotopic (exact) mass is 102 g/mol. The highest BCUT2D eigenvalue weighted by Crippen LogP contribution is 1.39. The maximum absolute atomic E-state index is 7.62. The quantitative estimate of drug-likeness (QED) is 0.458. The van der Waals surface area contributed by atoms with Crippen LogP contribution in [-0.2, 0) is 0 Å². The van der Waals surface area contributed by atoms with Crippen LogP contribution in [0.15, 0.2) is 0 Å². The lowest BCUT2D eigenvalue weighted by molar-refractivity contribution is 0.186. The van der Waals surface area contributed by atoms with E-state index in [1.807, 2.05) is 0 Å². The second kappa shape index (κ2) is 21.6. The number of hydrogen-bond acceptors (Lipinski definition) is 2. The third kappa shape index (κ3) is 48.0. The van der Waals surface area contributed by atoms with Gasteiger partial charge in [0.2, 0.25) is 0 Å². The van der Waals surface area contributed by atoms with Gasteiger partial charge in [0.15, 0.2) is 0 Å². The molecule has 2 nitrogen and oxygen atoms in total. The van der Waals surface area contributed by atoms with Crippen LogP contribution in [0.3, 0.4) is 0 Å². The zero-order valence-corrected chi connectivity index (χ0v) is 3.13. The fraction of sp³-hybridized carbons (Fsp3) is 1.00. The smallest absolute Gasteiger partial charge is 0.0662 e. The summed E-state index contributed by atoms with van der Waals surface area (Å²) in [4.78, 5) is 0. The van der Waals surface area contributed by atoms with Crippen LogP contribution < -0.4 is 0 Å². The van der Waals surface area contributed by atoms with Crippen molar-refractivity contribution in [3.05, 3.63) is 0 Å². The lowest BCUT2D eigenvalue weighted by Gasteiger charge is -1.70. The topological polar surface area (TPSA) is 40.5 Å². The van der Waals surface area contributed by atoms with Crippen molar-refractivity contribution in [3.63, 3.8) is 0 Å². The van der Waals surface area contributed by atoms with Crippen molar-refractivity contribution in [2.24, 2.45) is 0 Å². The molecule has 0 aromatic heterocycles. The van der Waals surface area contributed by atoms with E-state index in [0.717, 1.165) is 0 Å². The van der Waals surface area contributed by atoms with Crippen molar-refractivity contribution in [2.75, 3.05) is 13.2 Å². The number of rotatable bonds is 1. The van der Waals surface area contributed by atoms with Gasteiger partial charge in [0, 0.05) is 0 Å². The molecule has 0 amide bonds. The third-order valence-corrected chi connectivity index (χ3v) is 0.1000. The molecule has 42 valence electrons. The molecule has 0 saturated carbocycles. The minimum Gasteiger partial charge on any atom is -0.394 e. The lowest BCUT2D eigenvalue weighted by atomic mass is 10.8. The Kier molecular flexibility index (Phi) is 61.4. The highest BCUT2D eigenvalue weighted by atomic mass is 19.0. The van der Waals surface area contributed by atoms with Crippen LogP contribution in [0, 0.1) is 0 Å². The van der Waals surface area contributed by atoms with Gasteiger partial charge in [0.1, 0.15) is 0 Å². The molecule has 0 heterocycles. The average molecular weight is 102 g/mol. The molecular weight excluding hydrogens is 94.0 g/mol. The third-order valence-electron chi connectivity index (χ3n) is 0.1000. The number of aliphatic hydroxyl groups excluding tert-OH is 2. The van der Waals surface area contributed by atoms with E-state index in [2.05, 4.69) is 0 Å². The van der Waals surface area contributed by atoms with Gasteiger partial charge in [-0.25, -0.2) is 0 Å². The highest BCUT2D eigenvalue weighted by molar-refractivity contribution is 4.06. The van der Waals surface area contributed by atoms with Crippen LogP contribution in [0.2, 0.25) is 0 Å². The van der Waals surface area contributed by atoms with Crippen LogP contribution in [0.4, 0.5) is 9.41 Å². The van der Waals surface area contributed by atoms with E-state index in [1.54, 1.807) is 0 Å². The fourth-order valence-corrected chi connectivity index (χ4v) is 0. The maximum atomic E-state index is 7.62. The molecule has 0 aliphatic rings. The molecule has 0 aliphatic heterocycles. The van der Waals surface area contributed by atoms with Crippen molar-refractivity contribution in [3.8, 4) is 0 Å². The van der Waals surface area contributed by atoms with Crippen LogP contribution in [0.5, 0.6) is 0 Å². The zero-order chi connectivity index (χ0) is 3.41. The first-order valence-corrected chi connectivity index (χ1v) is 1.13. The molecule has 0 unspecified atom stereocenters. The maximum Gasteiger partial charge on any atom is 0.0662 e. The Hall–Kier alpha value is -0.220. The van der Waals surface area contributed by atoms with Crippen LogP contribution in [0.1, 0.15) is 0 Å². The second-order valence-corrected chi connectivity index (χ2v) is 0.447. The zero-order valence-electron chi connectivity index (χ0n) is 3.13. The first-order valence-electron chi connectivity index (χ1n) is 1.13. The van der Waals surface area contributed by atoms with Gasteiger partial charge in [-0.1, -0.05) is 0 Å². The van der Waals surface area contributed by atoms with Gasteiger partial charge in [0.25, 0.3) is 0 Å². The number of halogens is 2. The molecule has 0 atom stereocenters. The summed E-state index contributed by atoms with van der Waals surface area (Å²) in [6.45, 7) is -0.250. The van der Waals surface area contributed by atoms with Crippen molar-refractivity contribution in [1.29, 1.82) is 0 Å². The summed E-state index contributed by atoms with van der Waals surface area (Å²) in [7, 11) is 0. The Labute approximate surface area is 34.1 Å². The molecule has 0 rings (SSSR count). The van der Waals surface area contributed by atoms with E-state index in [4.69, 9.17) is 10.2 Å². The van der Waals surface area contributed by atoms with E-state index in [-0.39, 0.29) is 22.6 Å². The molecule has 0 aromatic carbocycles. The molecule has 4 heteroatoms. The van der Waals surface area contributed by atoms with E-state index >= 15 is 0 Å². The van der Waals surface area contributed by atoms with Gasteiger partial charge in [-0.05, 0) is 0 Å². The molecule has 0 fully saturated rings. The molecule has 0 bridgehead atoms. The molecule has 0 spiro atoms. The molecular formula is C2H8F2O2. The van der Waals surface area contributed by atoms with Crippen molar-refractivity contribution >= 4 is 0 Å². The Bertz CT molecular complexity index is 11.5. The largest absolute Gasteiger partial charge is 0.394 e. The summed E-state index contributed by atoms with van der Waals surface area (Å²) in [5, 5.41) is 15.2. The molecule has 0 saturated heterocycles. The average Bonchev–Trinajstić information content (AvgIpc) is 1.37. The summed E-state index contributed by atoms with van der Waals surface area (Å²) in [5.41, 5.74) is 0. The molecule has 2 N–H and O–H groups in total. The number of hydrogen-bond donors (Lipinski definition) is 2. The standard InChI is InChI=1S/C2H6O2.2FH/c3-1-2-4;;/h3-4H,1-2H2;2*1H. The predicted molar refractivity (Wildman–Crippen MR) is 19.2 cm³/mol. The molecule has 0 aromatic rings. The van der Waals surface area contributed by atoms with Crippen LogP contribution >= 0.6 is 0 Å². The van der Waals surface area contributed by atoms with Gasteiger partial charge in [-0.15, -0.1) is 0 Å². The predicted octanol–water partition coefficient (Wildman–Crippen LogP) is -0.724. The molecule has 0 aliphatic carbocycles. The highest BCUT2D eigenvalue weighted by Gasteiger charge is 1.58. The first kappa shape index (κ1) is 17.1. The van der Waals surface area contributed by atoms with Crippen molar-refractivity contribution < 1.29 is 19.6 Å². The van der Waals surface area contributed by atoms with Gasteiger partial charge in [0.05, 0.1) is 13.2 Å². The summed E-state index contributed by atoms with van der Waals surface area (Å²) in [5.74, 6) is 0. The van der Waals surface area contributed by atoms with Crippen LogP contribution in [-0.4, -0.2) is 23.4 Å². The van der Waals surface area contributed by atoms with E-state index in [1.165, 1.54) is 0 Å². The number of aliphatic hydroxyl groups is 2.